The van der Waals surface area contributed by atoms with Crippen LogP contribution in [-0.4, -0.2) is 48.6 Å². The molecule has 0 saturated carbocycles. The fraction of sp³-hybridized carbons (Fsp3) is 0.500. The van der Waals surface area contributed by atoms with Gasteiger partial charge >= 0.3 is 5.97 Å². The van der Waals surface area contributed by atoms with Crippen LogP contribution in [0.2, 0.25) is 0 Å². The molecule has 0 aromatic heterocycles. The highest BCUT2D eigenvalue weighted by Gasteiger charge is 2.18. The van der Waals surface area contributed by atoms with Crippen molar-refractivity contribution < 1.29 is 14.7 Å². The van der Waals surface area contributed by atoms with Gasteiger partial charge in [0.05, 0.1) is 12.0 Å². The van der Waals surface area contributed by atoms with Crippen LogP contribution in [0.25, 0.3) is 0 Å². The van der Waals surface area contributed by atoms with E-state index in [1.165, 1.54) is 6.07 Å². The minimum Gasteiger partial charge on any atom is -0.478 e. The van der Waals surface area contributed by atoms with Gasteiger partial charge in [-0.15, -0.1) is 0 Å². The zero-order chi connectivity index (χ0) is 16.0. The molecule has 0 aliphatic rings. The average Bonchev–Trinajstić information content (AvgIpc) is 2.37. The molecule has 5 nitrogen and oxygen atoms in total. The van der Waals surface area contributed by atoms with Crippen molar-refractivity contribution in [3.8, 4) is 0 Å². The predicted molar refractivity (Wildman–Crippen MR) is 82.4 cm³/mol. The lowest BCUT2D eigenvalue weighted by Gasteiger charge is -2.25. The van der Waals surface area contributed by atoms with E-state index in [0.717, 1.165) is 6.54 Å². The Kier molecular flexibility index (Phi) is 6.37. The number of benzene rings is 1. The second-order valence-corrected chi connectivity index (χ2v) is 5.82. The lowest BCUT2D eigenvalue weighted by molar-refractivity contribution is -0.121. The monoisotopic (exact) mass is 292 g/mol. The van der Waals surface area contributed by atoms with E-state index in [0.29, 0.717) is 11.5 Å². The molecule has 0 radical (unpaired) electrons. The maximum atomic E-state index is 12.2. The second kappa shape index (κ2) is 7.78. The summed E-state index contributed by atoms with van der Waals surface area (Å²) in [7, 11) is 3.92. The summed E-state index contributed by atoms with van der Waals surface area (Å²) >= 11 is 0. The van der Waals surface area contributed by atoms with Crippen molar-refractivity contribution in [2.75, 3.05) is 20.6 Å². The van der Waals surface area contributed by atoms with Gasteiger partial charge < -0.3 is 15.3 Å². The van der Waals surface area contributed by atoms with Crippen LogP contribution in [0, 0.1) is 5.92 Å². The summed E-state index contributed by atoms with van der Waals surface area (Å²) in [5, 5.41) is 12.1. The summed E-state index contributed by atoms with van der Waals surface area (Å²) in [5.74, 6) is -0.845. The summed E-state index contributed by atoms with van der Waals surface area (Å²) < 4.78 is 0. The number of likely N-dealkylation sites (N-methyl/N-ethyl adjacent to an activating group) is 1. The molecule has 0 fully saturated rings. The minimum atomic E-state index is -1.01. The minimum absolute atomic E-state index is 0.0458. The van der Waals surface area contributed by atoms with Gasteiger partial charge in [0.25, 0.3) is 0 Å². The van der Waals surface area contributed by atoms with Gasteiger partial charge in [-0.1, -0.05) is 32.0 Å². The number of nitrogens with one attached hydrogen (secondary N) is 1. The fourth-order valence-electron chi connectivity index (χ4n) is 2.13. The van der Waals surface area contributed by atoms with E-state index in [1.54, 1.807) is 18.2 Å². The number of amides is 1. The number of hydrogen-bond acceptors (Lipinski definition) is 3. The second-order valence-electron chi connectivity index (χ2n) is 5.82. The fourth-order valence-corrected chi connectivity index (χ4v) is 2.13. The summed E-state index contributed by atoms with van der Waals surface area (Å²) in [4.78, 5) is 25.3. The van der Waals surface area contributed by atoms with Gasteiger partial charge in [-0.25, -0.2) is 4.79 Å². The molecule has 1 unspecified atom stereocenters. The predicted octanol–water partition coefficient (Wildman–Crippen LogP) is 1.63. The Bertz CT molecular complexity index is 498. The molecule has 1 rings (SSSR count). The average molecular weight is 292 g/mol. The number of rotatable bonds is 7. The van der Waals surface area contributed by atoms with Crippen molar-refractivity contribution in [2.45, 2.75) is 26.3 Å². The maximum absolute atomic E-state index is 12.2. The first-order valence-corrected chi connectivity index (χ1v) is 7.06. The lowest BCUT2D eigenvalue weighted by Crippen LogP contribution is -2.45. The van der Waals surface area contributed by atoms with Crippen molar-refractivity contribution in [1.29, 1.82) is 0 Å². The van der Waals surface area contributed by atoms with Crippen LogP contribution in [0.5, 0.6) is 0 Å². The van der Waals surface area contributed by atoms with Gasteiger partial charge in [-0.05, 0) is 31.6 Å². The number of nitrogens with zero attached hydrogens (tertiary/aromatic N) is 1. The van der Waals surface area contributed by atoms with Crippen molar-refractivity contribution in [2.24, 2.45) is 5.92 Å². The topological polar surface area (TPSA) is 69.6 Å². The van der Waals surface area contributed by atoms with Crippen molar-refractivity contribution in [1.82, 2.24) is 10.2 Å². The standard InChI is InChI=1S/C16H24N2O3/c1-11(2)14(10-18(3)4)17-15(19)9-12-7-5-6-8-13(12)16(20)21/h5-8,11,14H,9-10H2,1-4H3,(H,17,19)(H,20,21). The van der Waals surface area contributed by atoms with Gasteiger partial charge in [0, 0.05) is 12.6 Å². The van der Waals surface area contributed by atoms with Crippen LogP contribution in [-0.2, 0) is 11.2 Å². The number of aromatic carboxylic acids is 1. The molecule has 1 amide bonds. The molecule has 116 valence electrons. The molecule has 0 heterocycles. The van der Waals surface area contributed by atoms with Crippen LogP contribution in [0.15, 0.2) is 24.3 Å². The van der Waals surface area contributed by atoms with Gasteiger partial charge in [0.2, 0.25) is 5.91 Å². The Morgan fingerprint density at radius 3 is 2.38 bits per heavy atom. The van der Waals surface area contributed by atoms with Crippen molar-refractivity contribution in [3.63, 3.8) is 0 Å². The first-order valence-electron chi connectivity index (χ1n) is 7.06. The van der Waals surface area contributed by atoms with Crippen LogP contribution >= 0.6 is 0 Å². The molecule has 1 atom stereocenters. The highest BCUT2D eigenvalue weighted by molar-refractivity contribution is 5.91. The highest BCUT2D eigenvalue weighted by atomic mass is 16.4. The number of carbonyl (C=O) groups excluding carboxylic acids is 1. The van der Waals surface area contributed by atoms with Crippen molar-refractivity contribution in [3.05, 3.63) is 35.4 Å². The maximum Gasteiger partial charge on any atom is 0.335 e. The Morgan fingerprint density at radius 1 is 1.24 bits per heavy atom. The first-order chi connectivity index (χ1) is 9.81. The SMILES string of the molecule is CC(C)C(CN(C)C)NC(=O)Cc1ccccc1C(=O)O. The van der Waals surface area contributed by atoms with Gasteiger partial charge in [0.15, 0.2) is 0 Å². The number of carbonyl (C=O) groups is 2. The zero-order valence-electron chi connectivity index (χ0n) is 13.1. The van der Waals surface area contributed by atoms with Gasteiger partial charge in [-0.3, -0.25) is 4.79 Å². The molecular formula is C16H24N2O3. The first kappa shape index (κ1) is 17.2. The van der Waals surface area contributed by atoms with Crippen molar-refractivity contribution >= 4 is 11.9 Å². The molecule has 1 aromatic carbocycles. The van der Waals surface area contributed by atoms with Gasteiger partial charge in [-0.2, -0.15) is 0 Å². The van der Waals surface area contributed by atoms with Crippen LogP contribution in [0.4, 0.5) is 0 Å². The van der Waals surface area contributed by atoms with E-state index in [1.807, 2.05) is 19.0 Å². The smallest absolute Gasteiger partial charge is 0.335 e. The Balaban J connectivity index is 2.75. The Labute approximate surface area is 126 Å². The largest absolute Gasteiger partial charge is 0.478 e. The third-order valence-corrected chi connectivity index (χ3v) is 3.31. The van der Waals surface area contributed by atoms with E-state index in [4.69, 9.17) is 5.11 Å². The summed E-state index contributed by atoms with van der Waals surface area (Å²) in [6.07, 6.45) is 0.0825. The number of hydrogen-bond donors (Lipinski definition) is 2. The molecule has 0 saturated heterocycles. The quantitative estimate of drug-likeness (QED) is 0.801. The molecule has 21 heavy (non-hydrogen) atoms. The molecule has 2 N–H and O–H groups in total. The lowest BCUT2D eigenvalue weighted by atomic mass is 10.0. The molecule has 0 aliphatic carbocycles. The van der Waals surface area contributed by atoms with Crippen LogP contribution < -0.4 is 5.32 Å². The normalized spacial score (nSPS) is 12.5. The summed E-state index contributed by atoms with van der Waals surface area (Å²) in [6.45, 7) is 4.86. The molecule has 0 aliphatic heterocycles. The number of carboxylic acids is 1. The zero-order valence-corrected chi connectivity index (χ0v) is 13.1. The molecule has 5 heteroatoms. The Morgan fingerprint density at radius 2 is 1.86 bits per heavy atom. The van der Waals surface area contributed by atoms with E-state index in [2.05, 4.69) is 19.2 Å². The van der Waals surface area contributed by atoms with E-state index >= 15 is 0 Å². The van der Waals surface area contributed by atoms with Crippen LogP contribution in [0.3, 0.4) is 0 Å². The van der Waals surface area contributed by atoms with Crippen LogP contribution in [0.1, 0.15) is 29.8 Å². The van der Waals surface area contributed by atoms with E-state index < -0.39 is 5.97 Å². The van der Waals surface area contributed by atoms with E-state index in [-0.39, 0.29) is 23.9 Å². The Hall–Kier alpha value is -1.88. The summed E-state index contributed by atoms with van der Waals surface area (Å²) in [6, 6.07) is 6.65. The molecule has 1 aromatic rings. The molecule has 0 bridgehead atoms. The van der Waals surface area contributed by atoms with E-state index in [9.17, 15) is 9.59 Å². The highest BCUT2D eigenvalue weighted by Crippen LogP contribution is 2.10. The molecule has 0 spiro atoms. The third kappa shape index (κ3) is 5.55. The summed E-state index contributed by atoms with van der Waals surface area (Å²) in [5.41, 5.74) is 0.719. The van der Waals surface area contributed by atoms with Gasteiger partial charge in [0.1, 0.15) is 0 Å². The third-order valence-electron chi connectivity index (χ3n) is 3.31. The molecular weight excluding hydrogens is 268 g/mol. The number of carboxylic acid groups (broad SMARTS) is 1.